The molecular weight excluding hydrogens is 144 g/mol. The van der Waals surface area contributed by atoms with Crippen LogP contribution in [-0.2, 0) is 0 Å². The number of hydrogen-bond acceptors (Lipinski definition) is 2. The smallest absolute Gasteiger partial charge is 0.0754 e. The molecule has 0 aromatic rings. The average Bonchev–Trinajstić information content (AvgIpc) is 2.33. The Morgan fingerprint density at radius 2 is 2.50 bits per heavy atom. The van der Waals surface area contributed by atoms with Gasteiger partial charge in [-0.15, -0.1) is 12.3 Å². The standard InChI is InChI=1S/C8H12OS/c1-2-3-4-8(9)5-6-10-7-8/h1,9H,3-7H2. The van der Waals surface area contributed by atoms with Gasteiger partial charge in [0.25, 0.3) is 0 Å². The first-order valence-corrected chi connectivity index (χ1v) is 4.66. The van der Waals surface area contributed by atoms with Gasteiger partial charge in [-0.1, -0.05) is 0 Å². The first kappa shape index (κ1) is 7.97. The van der Waals surface area contributed by atoms with E-state index >= 15 is 0 Å². The molecule has 1 N–H and O–H groups in total. The third kappa shape index (κ3) is 1.93. The lowest BCUT2D eigenvalue weighted by molar-refractivity contribution is 0.0606. The highest BCUT2D eigenvalue weighted by atomic mass is 32.2. The zero-order valence-electron chi connectivity index (χ0n) is 5.97. The van der Waals surface area contributed by atoms with Gasteiger partial charge in [-0.05, 0) is 18.6 Å². The summed E-state index contributed by atoms with van der Waals surface area (Å²) in [4.78, 5) is 0. The Morgan fingerprint density at radius 1 is 1.70 bits per heavy atom. The highest BCUT2D eigenvalue weighted by Gasteiger charge is 2.30. The third-order valence-corrected chi connectivity index (χ3v) is 3.05. The number of aliphatic hydroxyl groups is 1. The molecule has 0 saturated carbocycles. The van der Waals surface area contributed by atoms with Crippen LogP contribution < -0.4 is 0 Å². The number of rotatable bonds is 2. The fourth-order valence-corrected chi connectivity index (χ4v) is 2.44. The predicted octanol–water partition coefficient (Wildman–Crippen LogP) is 1.27. The third-order valence-electron chi connectivity index (χ3n) is 1.82. The molecule has 1 rings (SSSR count). The molecule has 1 unspecified atom stereocenters. The second-order valence-electron chi connectivity index (χ2n) is 2.73. The first-order chi connectivity index (χ1) is 4.77. The van der Waals surface area contributed by atoms with Crippen LogP contribution in [-0.4, -0.2) is 22.2 Å². The van der Waals surface area contributed by atoms with Crippen molar-refractivity contribution in [3.8, 4) is 12.3 Å². The molecule has 1 nitrogen and oxygen atoms in total. The summed E-state index contributed by atoms with van der Waals surface area (Å²) < 4.78 is 0. The molecule has 1 atom stereocenters. The lowest BCUT2D eigenvalue weighted by Crippen LogP contribution is -2.27. The fourth-order valence-electron chi connectivity index (χ4n) is 1.10. The Kier molecular flexibility index (Phi) is 2.64. The zero-order chi connectivity index (χ0) is 7.45. The topological polar surface area (TPSA) is 20.2 Å². The Balaban J connectivity index is 2.30. The summed E-state index contributed by atoms with van der Waals surface area (Å²) >= 11 is 1.81. The fraction of sp³-hybridized carbons (Fsp3) is 0.750. The zero-order valence-corrected chi connectivity index (χ0v) is 6.78. The van der Waals surface area contributed by atoms with Crippen molar-refractivity contribution < 1.29 is 5.11 Å². The molecule has 1 saturated heterocycles. The number of hydrogen-bond donors (Lipinski definition) is 1. The summed E-state index contributed by atoms with van der Waals surface area (Å²) in [6.07, 6.45) is 7.49. The van der Waals surface area contributed by atoms with Gasteiger partial charge >= 0.3 is 0 Å². The van der Waals surface area contributed by atoms with Gasteiger partial charge in [0.15, 0.2) is 0 Å². The first-order valence-electron chi connectivity index (χ1n) is 3.50. The van der Waals surface area contributed by atoms with Gasteiger partial charge in [-0.3, -0.25) is 0 Å². The van der Waals surface area contributed by atoms with Gasteiger partial charge in [0.1, 0.15) is 0 Å². The molecule has 10 heavy (non-hydrogen) atoms. The minimum absolute atomic E-state index is 0.433. The van der Waals surface area contributed by atoms with Crippen molar-refractivity contribution in [2.75, 3.05) is 11.5 Å². The van der Waals surface area contributed by atoms with E-state index in [9.17, 15) is 5.11 Å². The van der Waals surface area contributed by atoms with Crippen molar-refractivity contribution >= 4 is 11.8 Å². The predicted molar refractivity (Wildman–Crippen MR) is 45.0 cm³/mol. The SMILES string of the molecule is C#CCCC1(O)CCSC1. The number of terminal acetylenes is 1. The van der Waals surface area contributed by atoms with Crippen LogP contribution >= 0.6 is 11.8 Å². The molecule has 0 radical (unpaired) electrons. The molecule has 0 bridgehead atoms. The van der Waals surface area contributed by atoms with E-state index in [1.165, 1.54) is 0 Å². The quantitative estimate of drug-likeness (QED) is 0.607. The van der Waals surface area contributed by atoms with Crippen LogP contribution in [0, 0.1) is 12.3 Å². The van der Waals surface area contributed by atoms with Crippen LogP contribution in [0.5, 0.6) is 0 Å². The van der Waals surface area contributed by atoms with Gasteiger partial charge in [-0.2, -0.15) is 11.8 Å². The molecule has 1 aliphatic rings. The van der Waals surface area contributed by atoms with E-state index in [1.807, 2.05) is 11.8 Å². The summed E-state index contributed by atoms with van der Waals surface area (Å²) in [5.74, 6) is 4.50. The van der Waals surface area contributed by atoms with E-state index in [4.69, 9.17) is 6.42 Å². The minimum Gasteiger partial charge on any atom is -0.389 e. The van der Waals surface area contributed by atoms with Crippen molar-refractivity contribution in [2.24, 2.45) is 0 Å². The molecule has 2 heteroatoms. The Bertz CT molecular complexity index is 142. The van der Waals surface area contributed by atoms with Crippen molar-refractivity contribution in [2.45, 2.75) is 24.9 Å². The maximum absolute atomic E-state index is 9.71. The molecule has 0 amide bonds. The van der Waals surface area contributed by atoms with Gasteiger partial charge in [0, 0.05) is 12.2 Å². The average molecular weight is 156 g/mol. The molecule has 1 heterocycles. The van der Waals surface area contributed by atoms with Crippen LogP contribution in [0.15, 0.2) is 0 Å². The summed E-state index contributed by atoms with van der Waals surface area (Å²) in [5.41, 5.74) is -0.433. The molecule has 1 fully saturated rings. The van der Waals surface area contributed by atoms with Crippen molar-refractivity contribution in [1.29, 1.82) is 0 Å². The minimum atomic E-state index is -0.433. The normalized spacial score (nSPS) is 32.0. The van der Waals surface area contributed by atoms with Crippen molar-refractivity contribution in [1.82, 2.24) is 0 Å². The maximum atomic E-state index is 9.71. The van der Waals surface area contributed by atoms with Crippen LogP contribution in [0.4, 0.5) is 0 Å². The Hall–Kier alpha value is -0.130. The molecule has 0 aliphatic carbocycles. The van der Waals surface area contributed by atoms with Crippen LogP contribution in [0.25, 0.3) is 0 Å². The van der Waals surface area contributed by atoms with E-state index in [2.05, 4.69) is 5.92 Å². The van der Waals surface area contributed by atoms with Gasteiger partial charge in [-0.25, -0.2) is 0 Å². The monoisotopic (exact) mass is 156 g/mol. The summed E-state index contributed by atoms with van der Waals surface area (Å²) in [6, 6.07) is 0. The lowest BCUT2D eigenvalue weighted by atomic mass is 9.98. The van der Waals surface area contributed by atoms with Gasteiger partial charge in [0.05, 0.1) is 5.60 Å². The summed E-state index contributed by atoms with van der Waals surface area (Å²) in [5, 5.41) is 9.71. The van der Waals surface area contributed by atoms with Crippen molar-refractivity contribution in [3.05, 3.63) is 0 Å². The molecule has 0 spiro atoms. The summed E-state index contributed by atoms with van der Waals surface area (Å²) in [7, 11) is 0. The molecular formula is C8H12OS. The van der Waals surface area contributed by atoms with E-state index in [1.54, 1.807) is 0 Å². The van der Waals surface area contributed by atoms with Gasteiger partial charge in [0.2, 0.25) is 0 Å². The Morgan fingerprint density at radius 3 is 3.00 bits per heavy atom. The van der Waals surface area contributed by atoms with Gasteiger partial charge < -0.3 is 5.11 Å². The maximum Gasteiger partial charge on any atom is 0.0754 e. The van der Waals surface area contributed by atoms with E-state index in [0.29, 0.717) is 6.42 Å². The highest BCUT2D eigenvalue weighted by molar-refractivity contribution is 7.99. The van der Waals surface area contributed by atoms with Crippen LogP contribution in [0.3, 0.4) is 0 Å². The van der Waals surface area contributed by atoms with E-state index < -0.39 is 5.60 Å². The second-order valence-corrected chi connectivity index (χ2v) is 3.84. The van der Waals surface area contributed by atoms with E-state index in [-0.39, 0.29) is 0 Å². The Labute approximate surface area is 66.2 Å². The number of thioether (sulfide) groups is 1. The van der Waals surface area contributed by atoms with Crippen LogP contribution in [0.2, 0.25) is 0 Å². The molecule has 1 aliphatic heterocycles. The summed E-state index contributed by atoms with van der Waals surface area (Å²) in [6.45, 7) is 0. The highest BCUT2D eigenvalue weighted by Crippen LogP contribution is 2.31. The molecule has 56 valence electrons. The second kappa shape index (κ2) is 3.32. The molecule has 0 aromatic heterocycles. The lowest BCUT2D eigenvalue weighted by Gasteiger charge is -2.18. The van der Waals surface area contributed by atoms with Crippen molar-refractivity contribution in [3.63, 3.8) is 0 Å². The van der Waals surface area contributed by atoms with Crippen LogP contribution in [0.1, 0.15) is 19.3 Å². The molecule has 0 aromatic carbocycles. The van der Waals surface area contributed by atoms with E-state index in [0.717, 1.165) is 24.3 Å². The largest absolute Gasteiger partial charge is 0.389 e.